The Hall–Kier alpha value is -2.00. The number of rotatable bonds is 12. The zero-order valence-corrected chi connectivity index (χ0v) is 18.0. The van der Waals surface area contributed by atoms with Crippen molar-refractivity contribution in [3.8, 4) is 6.19 Å². The van der Waals surface area contributed by atoms with Crippen LogP contribution in [0.4, 0.5) is 0 Å². The lowest BCUT2D eigenvalue weighted by Crippen LogP contribution is -2.42. The second kappa shape index (κ2) is 14.1. The molecule has 0 saturated carbocycles. The SMILES string of the molecule is CC(=N)N(C#N)C(CSCC=C(C)CCC=C(C)CCC=C(C)C)C(=O)O. The van der Waals surface area contributed by atoms with E-state index < -0.39 is 12.0 Å². The standard InChI is InChI=1S/C21H33N3O2S/c1-16(2)8-6-9-17(3)10-7-11-18(4)12-13-27-14-20(21(25)26)24(15-22)19(5)23/h8,10,12,20,23H,6-7,9,11,13-14H2,1-5H3,(H,25,26). The Kier molecular flexibility index (Phi) is 13.1. The summed E-state index contributed by atoms with van der Waals surface area (Å²) in [6.45, 7) is 9.92. The number of allylic oxidation sites excluding steroid dienone is 5. The van der Waals surface area contributed by atoms with Crippen molar-refractivity contribution in [1.29, 1.82) is 10.7 Å². The van der Waals surface area contributed by atoms with Crippen LogP contribution in [0.1, 0.15) is 60.3 Å². The van der Waals surface area contributed by atoms with Crippen LogP contribution in [0.5, 0.6) is 0 Å². The van der Waals surface area contributed by atoms with Gasteiger partial charge in [-0.15, -0.1) is 0 Å². The maximum absolute atomic E-state index is 11.3. The van der Waals surface area contributed by atoms with E-state index in [0.29, 0.717) is 5.75 Å². The molecule has 0 heterocycles. The average Bonchev–Trinajstić information content (AvgIpc) is 2.56. The molecule has 0 saturated heterocycles. The molecule has 0 aromatic rings. The number of nitriles is 1. The Morgan fingerprint density at radius 3 is 2.15 bits per heavy atom. The molecule has 6 heteroatoms. The fraction of sp³-hybridized carbons (Fsp3) is 0.571. The van der Waals surface area contributed by atoms with Crippen molar-refractivity contribution in [3.05, 3.63) is 34.9 Å². The summed E-state index contributed by atoms with van der Waals surface area (Å²) in [6, 6.07) is -0.988. The summed E-state index contributed by atoms with van der Waals surface area (Å²) in [5, 5.41) is 25.8. The van der Waals surface area contributed by atoms with E-state index in [4.69, 9.17) is 10.7 Å². The average molecular weight is 392 g/mol. The molecule has 0 aromatic heterocycles. The van der Waals surface area contributed by atoms with Crippen LogP contribution in [-0.4, -0.2) is 39.4 Å². The Labute approximate surface area is 168 Å². The van der Waals surface area contributed by atoms with Gasteiger partial charge in [0, 0.05) is 11.5 Å². The minimum Gasteiger partial charge on any atom is -0.480 e. The van der Waals surface area contributed by atoms with E-state index >= 15 is 0 Å². The summed E-state index contributed by atoms with van der Waals surface area (Å²) in [4.78, 5) is 12.3. The highest BCUT2D eigenvalue weighted by molar-refractivity contribution is 7.99. The lowest BCUT2D eigenvalue weighted by Gasteiger charge is -2.21. The van der Waals surface area contributed by atoms with E-state index in [1.807, 2.05) is 0 Å². The lowest BCUT2D eigenvalue weighted by atomic mass is 10.1. The van der Waals surface area contributed by atoms with Gasteiger partial charge in [0.2, 0.25) is 0 Å². The molecular weight excluding hydrogens is 358 g/mol. The Morgan fingerprint density at radius 2 is 1.67 bits per heavy atom. The van der Waals surface area contributed by atoms with E-state index in [2.05, 4.69) is 45.9 Å². The van der Waals surface area contributed by atoms with Crippen LogP contribution in [0.2, 0.25) is 0 Å². The second-order valence-electron chi connectivity index (χ2n) is 6.91. The van der Waals surface area contributed by atoms with Crippen molar-refractivity contribution >= 4 is 23.6 Å². The van der Waals surface area contributed by atoms with Gasteiger partial charge in [0.25, 0.3) is 0 Å². The predicted octanol–water partition coefficient (Wildman–Crippen LogP) is 5.37. The molecule has 0 aromatic carbocycles. The molecule has 0 fully saturated rings. The number of nitrogens with zero attached hydrogens (tertiary/aromatic N) is 2. The Balaban J connectivity index is 4.31. The smallest absolute Gasteiger partial charge is 0.328 e. The molecule has 27 heavy (non-hydrogen) atoms. The predicted molar refractivity (Wildman–Crippen MR) is 115 cm³/mol. The molecule has 0 amide bonds. The normalized spacial score (nSPS) is 12.9. The fourth-order valence-electron chi connectivity index (χ4n) is 2.35. The number of hydrogen-bond acceptors (Lipinski definition) is 4. The maximum Gasteiger partial charge on any atom is 0.328 e. The third-order valence-corrected chi connectivity index (χ3v) is 4.97. The highest BCUT2D eigenvalue weighted by Gasteiger charge is 2.26. The van der Waals surface area contributed by atoms with Gasteiger partial charge in [-0.25, -0.2) is 4.79 Å². The number of carboxylic acid groups (broad SMARTS) is 1. The van der Waals surface area contributed by atoms with Crippen molar-refractivity contribution in [1.82, 2.24) is 4.90 Å². The first-order chi connectivity index (χ1) is 12.7. The van der Waals surface area contributed by atoms with Gasteiger partial charge in [-0.2, -0.15) is 17.0 Å². The van der Waals surface area contributed by atoms with Crippen LogP contribution < -0.4 is 0 Å². The fourth-order valence-corrected chi connectivity index (χ4v) is 3.41. The van der Waals surface area contributed by atoms with Crippen LogP contribution in [0.3, 0.4) is 0 Å². The zero-order chi connectivity index (χ0) is 20.8. The lowest BCUT2D eigenvalue weighted by molar-refractivity contribution is -0.140. The minimum atomic E-state index is -1.08. The molecule has 2 N–H and O–H groups in total. The van der Waals surface area contributed by atoms with Gasteiger partial charge >= 0.3 is 5.97 Å². The second-order valence-corrected chi connectivity index (χ2v) is 7.98. The summed E-state index contributed by atoms with van der Waals surface area (Å²) in [6.07, 6.45) is 12.7. The van der Waals surface area contributed by atoms with Crippen LogP contribution in [0.15, 0.2) is 34.9 Å². The summed E-state index contributed by atoms with van der Waals surface area (Å²) in [5.74, 6) is -0.157. The maximum atomic E-state index is 11.3. The van der Waals surface area contributed by atoms with Crippen LogP contribution in [0, 0.1) is 16.9 Å². The quantitative estimate of drug-likeness (QED) is 0.117. The van der Waals surface area contributed by atoms with E-state index in [0.717, 1.165) is 30.6 Å². The van der Waals surface area contributed by atoms with Gasteiger partial charge in [0.05, 0.1) is 0 Å². The van der Waals surface area contributed by atoms with Crippen LogP contribution in [-0.2, 0) is 4.79 Å². The molecule has 0 aliphatic rings. The number of carbonyl (C=O) groups is 1. The topological polar surface area (TPSA) is 88.2 Å². The molecule has 0 bridgehead atoms. The molecule has 5 nitrogen and oxygen atoms in total. The van der Waals surface area contributed by atoms with Crippen molar-refractivity contribution in [2.75, 3.05) is 11.5 Å². The molecule has 0 rings (SSSR count). The third kappa shape index (κ3) is 12.1. The molecule has 1 unspecified atom stereocenters. The van der Waals surface area contributed by atoms with E-state index in [1.54, 1.807) is 6.19 Å². The van der Waals surface area contributed by atoms with Crippen molar-refractivity contribution in [3.63, 3.8) is 0 Å². The van der Waals surface area contributed by atoms with Gasteiger partial charge in [0.15, 0.2) is 12.2 Å². The van der Waals surface area contributed by atoms with Crippen LogP contribution >= 0.6 is 11.8 Å². The third-order valence-electron chi connectivity index (χ3n) is 4.01. The summed E-state index contributed by atoms with van der Waals surface area (Å²) < 4.78 is 0. The zero-order valence-electron chi connectivity index (χ0n) is 17.2. The van der Waals surface area contributed by atoms with Gasteiger partial charge in [-0.05, 0) is 60.3 Å². The molecule has 0 aliphatic carbocycles. The molecular formula is C21H33N3O2S. The van der Waals surface area contributed by atoms with Gasteiger partial charge in [-0.1, -0.05) is 34.9 Å². The molecule has 150 valence electrons. The molecule has 0 radical (unpaired) electrons. The van der Waals surface area contributed by atoms with Gasteiger partial charge < -0.3 is 5.11 Å². The molecule has 0 aliphatic heterocycles. The van der Waals surface area contributed by atoms with Crippen LogP contribution in [0.25, 0.3) is 0 Å². The Morgan fingerprint density at radius 1 is 1.11 bits per heavy atom. The van der Waals surface area contributed by atoms with Crippen molar-refractivity contribution < 1.29 is 9.90 Å². The van der Waals surface area contributed by atoms with Crippen molar-refractivity contribution in [2.24, 2.45) is 0 Å². The number of amidine groups is 1. The minimum absolute atomic E-state index is 0.0519. The largest absolute Gasteiger partial charge is 0.480 e. The van der Waals surface area contributed by atoms with E-state index in [1.165, 1.54) is 35.4 Å². The Bertz CT molecular complexity index is 626. The highest BCUT2D eigenvalue weighted by Crippen LogP contribution is 2.14. The molecule has 0 spiro atoms. The number of carboxylic acids is 1. The van der Waals surface area contributed by atoms with Gasteiger partial charge in [0.1, 0.15) is 5.84 Å². The van der Waals surface area contributed by atoms with E-state index in [9.17, 15) is 9.90 Å². The summed E-state index contributed by atoms with van der Waals surface area (Å²) in [5.41, 5.74) is 4.05. The number of nitrogens with one attached hydrogen (secondary N) is 1. The first-order valence-electron chi connectivity index (χ1n) is 9.18. The first kappa shape index (κ1) is 25.0. The van der Waals surface area contributed by atoms with Crippen molar-refractivity contribution in [2.45, 2.75) is 66.3 Å². The highest BCUT2D eigenvalue weighted by atomic mass is 32.2. The number of thioether (sulfide) groups is 1. The number of aliphatic carboxylic acids is 1. The summed E-state index contributed by atoms with van der Waals surface area (Å²) in [7, 11) is 0. The first-order valence-corrected chi connectivity index (χ1v) is 10.3. The van der Waals surface area contributed by atoms with Gasteiger partial charge in [-0.3, -0.25) is 10.3 Å². The number of hydrogen-bond donors (Lipinski definition) is 2. The van der Waals surface area contributed by atoms with E-state index in [-0.39, 0.29) is 11.6 Å². The monoisotopic (exact) mass is 391 g/mol. The molecule has 1 atom stereocenters. The summed E-state index contributed by atoms with van der Waals surface area (Å²) >= 11 is 1.46.